The van der Waals surface area contributed by atoms with Crippen LogP contribution in [0.15, 0.2) is 36.4 Å². The highest BCUT2D eigenvalue weighted by atomic mass is 35.5. The summed E-state index contributed by atoms with van der Waals surface area (Å²) in [5.41, 5.74) is 8.08. The molecular formula is C15H14ClFN2O. The van der Waals surface area contributed by atoms with Gasteiger partial charge in [0.1, 0.15) is 5.82 Å². The van der Waals surface area contributed by atoms with E-state index in [9.17, 15) is 9.18 Å². The van der Waals surface area contributed by atoms with Gasteiger partial charge in [-0.05, 0) is 36.2 Å². The van der Waals surface area contributed by atoms with Gasteiger partial charge < -0.3 is 11.1 Å². The van der Waals surface area contributed by atoms with Crippen LogP contribution < -0.4 is 11.1 Å². The van der Waals surface area contributed by atoms with Crippen molar-refractivity contribution in [3.63, 3.8) is 0 Å². The van der Waals surface area contributed by atoms with Crippen LogP contribution in [0.1, 0.15) is 21.5 Å². The van der Waals surface area contributed by atoms with Crippen LogP contribution in [0.4, 0.5) is 10.1 Å². The first-order chi connectivity index (χ1) is 9.50. The van der Waals surface area contributed by atoms with Gasteiger partial charge in [0.25, 0.3) is 5.91 Å². The SMILES string of the molecule is Cc1c(N)cccc1CNC(=O)c1c(F)cccc1Cl. The van der Waals surface area contributed by atoms with Gasteiger partial charge >= 0.3 is 0 Å². The highest BCUT2D eigenvalue weighted by molar-refractivity contribution is 6.33. The topological polar surface area (TPSA) is 55.1 Å². The number of rotatable bonds is 3. The van der Waals surface area contributed by atoms with E-state index < -0.39 is 11.7 Å². The van der Waals surface area contributed by atoms with Gasteiger partial charge in [0.15, 0.2) is 0 Å². The van der Waals surface area contributed by atoms with E-state index in [1.165, 1.54) is 18.2 Å². The Hall–Kier alpha value is -2.07. The predicted octanol–water partition coefficient (Wildman–Crippen LogP) is 3.30. The molecule has 0 unspecified atom stereocenters. The molecule has 20 heavy (non-hydrogen) atoms. The lowest BCUT2D eigenvalue weighted by atomic mass is 10.1. The van der Waals surface area contributed by atoms with E-state index in [4.69, 9.17) is 17.3 Å². The molecule has 1 amide bonds. The second-order valence-corrected chi connectivity index (χ2v) is 4.82. The van der Waals surface area contributed by atoms with E-state index in [0.717, 1.165) is 11.1 Å². The molecule has 0 saturated heterocycles. The summed E-state index contributed by atoms with van der Waals surface area (Å²) < 4.78 is 13.6. The summed E-state index contributed by atoms with van der Waals surface area (Å²) in [6.45, 7) is 2.13. The summed E-state index contributed by atoms with van der Waals surface area (Å²) in [6.07, 6.45) is 0. The largest absolute Gasteiger partial charge is 0.399 e. The second-order valence-electron chi connectivity index (χ2n) is 4.41. The minimum absolute atomic E-state index is 0.0896. The molecule has 0 fully saturated rings. The summed E-state index contributed by atoms with van der Waals surface area (Å²) >= 11 is 5.84. The number of nitrogens with one attached hydrogen (secondary N) is 1. The number of nitrogen functional groups attached to an aromatic ring is 1. The van der Waals surface area contributed by atoms with Crippen molar-refractivity contribution in [3.05, 3.63) is 63.9 Å². The number of anilines is 1. The van der Waals surface area contributed by atoms with Crippen molar-refractivity contribution in [2.75, 3.05) is 5.73 Å². The third kappa shape index (κ3) is 2.91. The Balaban J connectivity index is 2.15. The summed E-state index contributed by atoms with van der Waals surface area (Å²) in [5, 5.41) is 2.74. The van der Waals surface area contributed by atoms with E-state index in [1.54, 1.807) is 12.1 Å². The van der Waals surface area contributed by atoms with Crippen LogP contribution >= 0.6 is 11.6 Å². The minimum atomic E-state index is -0.640. The number of amides is 1. The van der Waals surface area contributed by atoms with E-state index in [2.05, 4.69) is 5.32 Å². The molecule has 104 valence electrons. The number of hydrogen-bond acceptors (Lipinski definition) is 2. The molecule has 3 nitrogen and oxygen atoms in total. The molecule has 0 aliphatic rings. The van der Waals surface area contributed by atoms with Gasteiger partial charge in [0.2, 0.25) is 0 Å². The number of carbonyl (C=O) groups is 1. The molecule has 3 N–H and O–H groups in total. The molecular weight excluding hydrogens is 279 g/mol. The first-order valence-electron chi connectivity index (χ1n) is 6.07. The molecule has 0 aliphatic carbocycles. The highest BCUT2D eigenvalue weighted by Gasteiger charge is 2.15. The van der Waals surface area contributed by atoms with Gasteiger partial charge in [-0.3, -0.25) is 4.79 Å². The first-order valence-corrected chi connectivity index (χ1v) is 6.44. The Morgan fingerprint density at radius 1 is 1.30 bits per heavy atom. The quantitative estimate of drug-likeness (QED) is 0.853. The van der Waals surface area contributed by atoms with Crippen molar-refractivity contribution in [1.82, 2.24) is 5.32 Å². The van der Waals surface area contributed by atoms with E-state index in [0.29, 0.717) is 5.69 Å². The van der Waals surface area contributed by atoms with Gasteiger partial charge in [-0.1, -0.05) is 29.8 Å². The van der Waals surface area contributed by atoms with Gasteiger partial charge in [-0.25, -0.2) is 4.39 Å². The molecule has 0 heterocycles. The smallest absolute Gasteiger partial charge is 0.256 e. The van der Waals surface area contributed by atoms with Crippen LogP contribution in [0.2, 0.25) is 5.02 Å². The molecule has 0 saturated carbocycles. The Morgan fingerprint density at radius 2 is 2.00 bits per heavy atom. The summed E-state index contributed by atoms with van der Waals surface area (Å²) in [5.74, 6) is -1.19. The summed E-state index contributed by atoms with van der Waals surface area (Å²) in [6, 6.07) is 9.58. The fraction of sp³-hybridized carbons (Fsp3) is 0.133. The number of benzene rings is 2. The van der Waals surface area contributed by atoms with Crippen molar-refractivity contribution in [3.8, 4) is 0 Å². The number of nitrogens with two attached hydrogens (primary N) is 1. The van der Waals surface area contributed by atoms with Crippen LogP contribution in [0, 0.1) is 12.7 Å². The number of halogens is 2. The maximum Gasteiger partial charge on any atom is 0.256 e. The second kappa shape index (κ2) is 5.92. The zero-order chi connectivity index (χ0) is 14.7. The van der Waals surface area contributed by atoms with Crippen molar-refractivity contribution in [2.45, 2.75) is 13.5 Å². The van der Waals surface area contributed by atoms with E-state index in [-0.39, 0.29) is 17.1 Å². The molecule has 0 bridgehead atoms. The molecule has 2 rings (SSSR count). The molecule has 0 aromatic heterocycles. The van der Waals surface area contributed by atoms with Crippen LogP contribution in [0.5, 0.6) is 0 Å². The third-order valence-corrected chi connectivity index (χ3v) is 3.43. The number of carbonyl (C=O) groups excluding carboxylic acids is 1. The van der Waals surface area contributed by atoms with Gasteiger partial charge in [-0.2, -0.15) is 0 Å². The average Bonchev–Trinajstić information content (AvgIpc) is 2.40. The van der Waals surface area contributed by atoms with Crippen molar-refractivity contribution < 1.29 is 9.18 Å². The van der Waals surface area contributed by atoms with Crippen LogP contribution in [-0.4, -0.2) is 5.91 Å². The zero-order valence-corrected chi connectivity index (χ0v) is 11.7. The fourth-order valence-corrected chi connectivity index (χ4v) is 2.12. The van der Waals surface area contributed by atoms with Crippen molar-refractivity contribution >= 4 is 23.2 Å². The molecule has 5 heteroatoms. The number of hydrogen-bond donors (Lipinski definition) is 2. The molecule has 0 atom stereocenters. The van der Waals surface area contributed by atoms with Gasteiger partial charge in [0, 0.05) is 12.2 Å². The zero-order valence-electron chi connectivity index (χ0n) is 10.9. The Labute approximate surface area is 121 Å². The van der Waals surface area contributed by atoms with Crippen molar-refractivity contribution in [1.29, 1.82) is 0 Å². The normalized spacial score (nSPS) is 10.3. The molecule has 0 radical (unpaired) electrons. The lowest BCUT2D eigenvalue weighted by Gasteiger charge is -2.11. The lowest BCUT2D eigenvalue weighted by molar-refractivity contribution is 0.0947. The lowest BCUT2D eigenvalue weighted by Crippen LogP contribution is -2.24. The maximum absolute atomic E-state index is 13.6. The van der Waals surface area contributed by atoms with E-state index in [1.807, 2.05) is 13.0 Å². The highest BCUT2D eigenvalue weighted by Crippen LogP contribution is 2.19. The Kier molecular flexibility index (Phi) is 4.25. The molecule has 0 aliphatic heterocycles. The molecule has 0 spiro atoms. The van der Waals surface area contributed by atoms with Crippen LogP contribution in [0.3, 0.4) is 0 Å². The molecule has 2 aromatic carbocycles. The van der Waals surface area contributed by atoms with E-state index >= 15 is 0 Å². The molecule has 2 aromatic rings. The monoisotopic (exact) mass is 292 g/mol. The average molecular weight is 293 g/mol. The van der Waals surface area contributed by atoms with Gasteiger partial charge in [0.05, 0.1) is 10.6 Å². The van der Waals surface area contributed by atoms with Crippen LogP contribution in [-0.2, 0) is 6.54 Å². The Bertz CT molecular complexity index is 638. The minimum Gasteiger partial charge on any atom is -0.399 e. The summed E-state index contributed by atoms with van der Waals surface area (Å²) in [7, 11) is 0. The Morgan fingerprint density at radius 3 is 2.70 bits per heavy atom. The van der Waals surface area contributed by atoms with Crippen molar-refractivity contribution in [2.24, 2.45) is 0 Å². The third-order valence-electron chi connectivity index (χ3n) is 3.12. The fourth-order valence-electron chi connectivity index (χ4n) is 1.87. The van der Waals surface area contributed by atoms with Gasteiger partial charge in [-0.15, -0.1) is 0 Å². The van der Waals surface area contributed by atoms with Crippen LogP contribution in [0.25, 0.3) is 0 Å². The standard InChI is InChI=1S/C15H14ClFN2O/c1-9-10(4-2-7-13(9)18)8-19-15(20)14-11(16)5-3-6-12(14)17/h2-7H,8,18H2,1H3,(H,19,20). The maximum atomic E-state index is 13.6. The predicted molar refractivity (Wildman–Crippen MR) is 78.2 cm³/mol. The summed E-state index contributed by atoms with van der Waals surface area (Å²) in [4.78, 5) is 12.0. The first kappa shape index (κ1) is 14.3.